The Kier molecular flexibility index (Phi) is 6.73. The van der Waals surface area contributed by atoms with Gasteiger partial charge >= 0.3 is 12.1 Å². The number of hydrogen-bond acceptors (Lipinski definition) is 5. The minimum absolute atomic E-state index is 0.0551. The van der Waals surface area contributed by atoms with Gasteiger partial charge in [-0.3, -0.25) is 4.79 Å². The molecule has 2 heterocycles. The number of alkyl carbamates (subject to hydrolysis) is 1. The maximum Gasteiger partial charge on any atom is 0.408 e. The van der Waals surface area contributed by atoms with E-state index in [4.69, 9.17) is 9.47 Å². The molecule has 2 aliphatic rings. The number of fused-ring (bicyclic) bond motifs is 1. The summed E-state index contributed by atoms with van der Waals surface area (Å²) in [5.41, 5.74) is 1.88. The van der Waals surface area contributed by atoms with Crippen LogP contribution in [0.15, 0.2) is 60.7 Å². The Labute approximate surface area is 187 Å². The molecule has 2 aromatic rings. The predicted octanol–water partition coefficient (Wildman–Crippen LogP) is 3.39. The van der Waals surface area contributed by atoms with Crippen LogP contribution in [0.5, 0.6) is 0 Å². The molecular weight excluding hydrogens is 408 g/mol. The number of nitrogens with zero attached hydrogens (tertiary/aromatic N) is 1. The topological polar surface area (TPSA) is 84.9 Å². The lowest BCUT2D eigenvalue weighted by Crippen LogP contribution is -2.58. The third-order valence-corrected chi connectivity index (χ3v) is 6.20. The van der Waals surface area contributed by atoms with Gasteiger partial charge in [0.1, 0.15) is 18.7 Å². The lowest BCUT2D eigenvalue weighted by molar-refractivity contribution is -0.156. The quantitative estimate of drug-likeness (QED) is 0.702. The summed E-state index contributed by atoms with van der Waals surface area (Å²) in [6.07, 6.45) is 1.27. The van der Waals surface area contributed by atoms with E-state index in [-0.39, 0.29) is 31.1 Å². The summed E-state index contributed by atoms with van der Waals surface area (Å²) in [7, 11) is 0. The van der Waals surface area contributed by atoms with Gasteiger partial charge in [-0.2, -0.15) is 0 Å². The minimum atomic E-state index is -0.721. The number of nitrogens with one attached hydrogen (secondary N) is 1. The van der Waals surface area contributed by atoms with E-state index >= 15 is 0 Å². The van der Waals surface area contributed by atoms with Crippen molar-refractivity contribution in [3.8, 4) is 0 Å². The standard InChI is InChI=1S/C25H28N2O5/c1-2-31-24(29)22-20(18-11-7-4-8-12-18)15-19-13-14-21(23(28)27(19)22)26-25(30)32-16-17-9-5-3-6-10-17/h3-12,19-22H,2,13-16H2,1H3,(H,26,30)/t19-,20+,21-,22-/m0/s1. The Morgan fingerprint density at radius 3 is 2.38 bits per heavy atom. The van der Waals surface area contributed by atoms with Gasteiger partial charge < -0.3 is 19.7 Å². The van der Waals surface area contributed by atoms with Crippen LogP contribution in [-0.2, 0) is 25.7 Å². The van der Waals surface area contributed by atoms with Gasteiger partial charge in [-0.25, -0.2) is 9.59 Å². The van der Waals surface area contributed by atoms with E-state index in [0.717, 1.165) is 11.1 Å². The molecule has 2 saturated heterocycles. The largest absolute Gasteiger partial charge is 0.464 e. The number of benzene rings is 2. The molecule has 4 rings (SSSR count). The minimum Gasteiger partial charge on any atom is -0.464 e. The Morgan fingerprint density at radius 2 is 1.69 bits per heavy atom. The Hall–Kier alpha value is -3.35. The van der Waals surface area contributed by atoms with Gasteiger partial charge in [0.25, 0.3) is 0 Å². The SMILES string of the molecule is CCOC(=O)[C@@H]1[C@@H](c2ccccc2)C[C@@H]2CC[C@H](NC(=O)OCc3ccccc3)C(=O)N21. The number of esters is 1. The maximum atomic E-state index is 13.4. The predicted molar refractivity (Wildman–Crippen MR) is 118 cm³/mol. The second kappa shape index (κ2) is 9.85. The summed E-state index contributed by atoms with van der Waals surface area (Å²) >= 11 is 0. The number of ether oxygens (including phenoxy) is 2. The first-order valence-electron chi connectivity index (χ1n) is 11.1. The van der Waals surface area contributed by atoms with Crippen molar-refractivity contribution in [3.63, 3.8) is 0 Å². The average Bonchev–Trinajstić information content (AvgIpc) is 3.22. The molecule has 2 amide bonds. The highest BCUT2D eigenvalue weighted by atomic mass is 16.5. The van der Waals surface area contributed by atoms with Crippen LogP contribution in [0, 0.1) is 0 Å². The molecular formula is C25H28N2O5. The highest BCUT2D eigenvalue weighted by molar-refractivity contribution is 5.91. The number of carbonyl (C=O) groups is 3. The Bertz CT molecular complexity index is 949. The van der Waals surface area contributed by atoms with Crippen LogP contribution < -0.4 is 5.32 Å². The summed E-state index contributed by atoms with van der Waals surface area (Å²) < 4.78 is 10.6. The van der Waals surface area contributed by atoms with Gasteiger partial charge in [-0.15, -0.1) is 0 Å². The van der Waals surface area contributed by atoms with Crippen LogP contribution in [0.25, 0.3) is 0 Å². The molecule has 168 valence electrons. The third kappa shape index (κ3) is 4.61. The normalized spacial score (nSPS) is 24.5. The zero-order valence-electron chi connectivity index (χ0n) is 18.1. The average molecular weight is 437 g/mol. The van der Waals surface area contributed by atoms with Crippen molar-refractivity contribution < 1.29 is 23.9 Å². The van der Waals surface area contributed by atoms with E-state index in [1.54, 1.807) is 11.8 Å². The van der Waals surface area contributed by atoms with Crippen molar-refractivity contribution >= 4 is 18.0 Å². The lowest BCUT2D eigenvalue weighted by atomic mass is 9.90. The highest BCUT2D eigenvalue weighted by Gasteiger charge is 2.52. The molecule has 32 heavy (non-hydrogen) atoms. The van der Waals surface area contributed by atoms with Crippen molar-refractivity contribution in [2.75, 3.05) is 6.61 Å². The van der Waals surface area contributed by atoms with Crippen molar-refractivity contribution in [1.82, 2.24) is 10.2 Å². The lowest BCUT2D eigenvalue weighted by Gasteiger charge is -2.37. The molecule has 0 bridgehead atoms. The first-order chi connectivity index (χ1) is 15.6. The molecule has 2 fully saturated rings. The van der Waals surface area contributed by atoms with Gasteiger partial charge in [-0.1, -0.05) is 60.7 Å². The van der Waals surface area contributed by atoms with Crippen molar-refractivity contribution in [2.45, 2.75) is 56.8 Å². The van der Waals surface area contributed by atoms with E-state index in [9.17, 15) is 14.4 Å². The summed E-state index contributed by atoms with van der Waals surface area (Å²) in [6, 6.07) is 17.6. The fourth-order valence-electron chi connectivity index (χ4n) is 4.76. The number of piperidine rings is 1. The number of amides is 2. The van der Waals surface area contributed by atoms with Crippen molar-refractivity contribution in [2.24, 2.45) is 0 Å². The second-order valence-electron chi connectivity index (χ2n) is 8.19. The Morgan fingerprint density at radius 1 is 1.00 bits per heavy atom. The highest BCUT2D eigenvalue weighted by Crippen LogP contribution is 2.42. The maximum absolute atomic E-state index is 13.4. The summed E-state index contributed by atoms with van der Waals surface area (Å²) in [5, 5.41) is 2.69. The summed E-state index contributed by atoms with van der Waals surface area (Å²) in [4.78, 5) is 40.2. The van der Waals surface area contributed by atoms with Gasteiger partial charge in [-0.05, 0) is 37.3 Å². The molecule has 7 nitrogen and oxygen atoms in total. The van der Waals surface area contributed by atoms with E-state index < -0.39 is 24.1 Å². The molecule has 1 N–H and O–H groups in total. The van der Waals surface area contributed by atoms with Crippen molar-refractivity contribution in [3.05, 3.63) is 71.8 Å². The van der Waals surface area contributed by atoms with E-state index in [0.29, 0.717) is 19.3 Å². The molecule has 0 aromatic heterocycles. The van der Waals surface area contributed by atoms with Crippen LogP contribution in [0.4, 0.5) is 4.79 Å². The van der Waals surface area contributed by atoms with Gasteiger partial charge in [0.15, 0.2) is 0 Å². The second-order valence-corrected chi connectivity index (χ2v) is 8.19. The Balaban J connectivity index is 1.47. The fraction of sp³-hybridized carbons (Fsp3) is 0.400. The van der Waals surface area contributed by atoms with Crippen LogP contribution in [0.1, 0.15) is 43.2 Å². The fourth-order valence-corrected chi connectivity index (χ4v) is 4.76. The van der Waals surface area contributed by atoms with E-state index in [1.165, 1.54) is 0 Å². The number of rotatable bonds is 6. The summed E-state index contributed by atoms with van der Waals surface area (Å²) in [6.45, 7) is 2.13. The first kappa shape index (κ1) is 21.9. The number of carbonyl (C=O) groups excluding carboxylic acids is 3. The van der Waals surface area contributed by atoms with Crippen LogP contribution in [0.3, 0.4) is 0 Å². The molecule has 7 heteroatoms. The molecule has 2 aromatic carbocycles. The van der Waals surface area contributed by atoms with Gasteiger partial charge in [0.2, 0.25) is 5.91 Å². The number of hydrogen-bond donors (Lipinski definition) is 1. The van der Waals surface area contributed by atoms with E-state index in [2.05, 4.69) is 5.32 Å². The molecule has 0 aliphatic carbocycles. The van der Waals surface area contributed by atoms with Gasteiger partial charge in [0.05, 0.1) is 6.61 Å². The monoisotopic (exact) mass is 436 g/mol. The molecule has 0 unspecified atom stereocenters. The van der Waals surface area contributed by atoms with Crippen LogP contribution in [-0.4, -0.2) is 47.6 Å². The van der Waals surface area contributed by atoms with Gasteiger partial charge in [0, 0.05) is 12.0 Å². The third-order valence-electron chi connectivity index (χ3n) is 6.20. The molecule has 0 saturated carbocycles. The summed E-state index contributed by atoms with van der Waals surface area (Å²) in [5.74, 6) is -0.785. The molecule has 0 spiro atoms. The molecule has 4 atom stereocenters. The van der Waals surface area contributed by atoms with Crippen molar-refractivity contribution in [1.29, 1.82) is 0 Å². The first-order valence-corrected chi connectivity index (χ1v) is 11.1. The zero-order chi connectivity index (χ0) is 22.5. The van der Waals surface area contributed by atoms with Crippen LogP contribution in [0.2, 0.25) is 0 Å². The smallest absolute Gasteiger partial charge is 0.408 e. The zero-order valence-corrected chi connectivity index (χ0v) is 18.1. The van der Waals surface area contributed by atoms with Crippen LogP contribution >= 0.6 is 0 Å². The molecule has 2 aliphatic heterocycles. The van der Waals surface area contributed by atoms with E-state index in [1.807, 2.05) is 60.7 Å². The molecule has 0 radical (unpaired) electrons.